The minimum absolute atomic E-state index is 0.400. The molecule has 2 N–H and O–H groups in total. The highest BCUT2D eigenvalue weighted by atomic mass is 28.3. The third kappa shape index (κ3) is 4.89. The smallest absolute Gasteiger partial charge is 0.410 e. The molecule has 1 fully saturated rings. The van der Waals surface area contributed by atoms with Crippen LogP contribution in [0.25, 0.3) is 10.8 Å². The molecule has 7 heteroatoms. The molecular formula is C28H40BNO4Si. The van der Waals surface area contributed by atoms with Crippen LogP contribution in [0.15, 0.2) is 30.3 Å². The molecule has 0 atom stereocenters. The average molecular weight is 494 g/mol. The largest absolute Gasteiger partial charge is 0.495 e. The molecule has 0 saturated carbocycles. The van der Waals surface area contributed by atoms with Crippen LogP contribution in [0, 0.1) is 11.5 Å². The maximum absolute atomic E-state index is 11.6. The fourth-order valence-corrected chi connectivity index (χ4v) is 10.7. The van der Waals surface area contributed by atoms with Crippen LogP contribution >= 0.6 is 0 Å². The number of nitrogens with two attached hydrogens (primary N) is 1. The lowest BCUT2D eigenvalue weighted by atomic mass is 9.75. The Kier molecular flexibility index (Phi) is 7.53. The number of benzene rings is 2. The van der Waals surface area contributed by atoms with E-state index in [0.717, 1.165) is 21.8 Å². The van der Waals surface area contributed by atoms with E-state index in [4.69, 9.17) is 19.8 Å². The van der Waals surface area contributed by atoms with Crippen LogP contribution in [0.2, 0.25) is 16.6 Å². The number of ether oxygens (including phenoxy) is 1. The molecule has 2 aromatic rings. The first-order valence-corrected chi connectivity index (χ1v) is 14.8. The normalized spacial score (nSPS) is 17.2. The molecule has 0 radical (unpaired) electrons. The van der Waals surface area contributed by atoms with Crippen molar-refractivity contribution in [3.63, 3.8) is 0 Å². The fourth-order valence-electron chi connectivity index (χ4n) is 5.48. The second kappa shape index (κ2) is 9.65. The Morgan fingerprint density at radius 1 is 0.943 bits per heavy atom. The van der Waals surface area contributed by atoms with Crippen LogP contribution in [-0.2, 0) is 9.31 Å². The number of fused-ring (bicyclic) bond motifs is 1. The van der Waals surface area contributed by atoms with Gasteiger partial charge in [0.2, 0.25) is 0 Å². The fraction of sp³-hybridized carbons (Fsp3) is 0.536. The Hall–Kier alpha value is -2.27. The highest BCUT2D eigenvalue weighted by molar-refractivity contribution is 6.90. The molecule has 188 valence electrons. The second-order valence-electron chi connectivity index (χ2n) is 11.5. The van der Waals surface area contributed by atoms with E-state index in [1.807, 2.05) is 52.0 Å². The summed E-state index contributed by atoms with van der Waals surface area (Å²) in [6.07, 6.45) is -0.850. The van der Waals surface area contributed by atoms with Gasteiger partial charge in [-0.3, -0.25) is 0 Å². The molecule has 1 heterocycles. The standard InChI is InChI=1S/C28H40BNO4Si/c1-18(2)35(19(3)4,20(5)6)17-16-21-12-11-13-22-24(32-26(30)31)15-14-23(25(21)22)29-33-27(7,8)28(9,10)34-29/h11-15,18-20H,1-10H3,(H2,30,31). The van der Waals surface area contributed by atoms with E-state index in [0.29, 0.717) is 22.4 Å². The minimum Gasteiger partial charge on any atom is -0.410 e. The van der Waals surface area contributed by atoms with Crippen LogP contribution in [0.5, 0.6) is 5.75 Å². The lowest BCUT2D eigenvalue weighted by Crippen LogP contribution is -2.43. The van der Waals surface area contributed by atoms with Crippen molar-refractivity contribution in [3.05, 3.63) is 35.9 Å². The number of carbonyl (C=O) groups excluding carboxylic acids is 1. The predicted octanol–water partition coefficient (Wildman–Crippen LogP) is 6.17. The van der Waals surface area contributed by atoms with Gasteiger partial charge in [-0.25, -0.2) is 4.79 Å². The number of hydrogen-bond acceptors (Lipinski definition) is 4. The Labute approximate surface area is 212 Å². The first-order valence-electron chi connectivity index (χ1n) is 12.6. The van der Waals surface area contributed by atoms with E-state index in [1.165, 1.54) is 0 Å². The molecule has 1 aliphatic heterocycles. The maximum atomic E-state index is 11.6. The van der Waals surface area contributed by atoms with E-state index >= 15 is 0 Å². The number of carbonyl (C=O) groups is 1. The first-order chi connectivity index (χ1) is 16.1. The quantitative estimate of drug-likeness (QED) is 0.400. The summed E-state index contributed by atoms with van der Waals surface area (Å²) in [5.41, 5.74) is 11.5. The molecule has 1 saturated heterocycles. The molecule has 0 bridgehead atoms. The lowest BCUT2D eigenvalue weighted by Gasteiger charge is -2.38. The molecule has 0 spiro atoms. The van der Waals surface area contributed by atoms with Gasteiger partial charge in [0.1, 0.15) is 13.8 Å². The molecule has 1 amide bonds. The number of hydrogen-bond donors (Lipinski definition) is 1. The monoisotopic (exact) mass is 493 g/mol. The number of primary amides is 1. The van der Waals surface area contributed by atoms with Crippen molar-refractivity contribution in [2.24, 2.45) is 5.73 Å². The van der Waals surface area contributed by atoms with Crippen molar-refractivity contribution >= 4 is 37.5 Å². The average Bonchev–Trinajstić information content (AvgIpc) is 2.94. The summed E-state index contributed by atoms with van der Waals surface area (Å²) in [6, 6.07) is 9.54. The lowest BCUT2D eigenvalue weighted by molar-refractivity contribution is 0.00578. The van der Waals surface area contributed by atoms with Gasteiger partial charge < -0.3 is 19.8 Å². The van der Waals surface area contributed by atoms with Gasteiger partial charge in [-0.2, -0.15) is 0 Å². The highest BCUT2D eigenvalue weighted by Gasteiger charge is 2.52. The van der Waals surface area contributed by atoms with Crippen molar-refractivity contribution in [1.29, 1.82) is 0 Å². The molecule has 0 aromatic heterocycles. The second-order valence-corrected chi connectivity index (χ2v) is 17.1. The van der Waals surface area contributed by atoms with Gasteiger partial charge in [-0.15, -0.1) is 5.54 Å². The summed E-state index contributed by atoms with van der Waals surface area (Å²) in [5.74, 6) is 3.99. The van der Waals surface area contributed by atoms with Gasteiger partial charge in [0, 0.05) is 16.3 Å². The third-order valence-electron chi connectivity index (χ3n) is 8.03. The van der Waals surface area contributed by atoms with Gasteiger partial charge >= 0.3 is 13.2 Å². The van der Waals surface area contributed by atoms with Gasteiger partial charge in [-0.1, -0.05) is 65.7 Å². The van der Waals surface area contributed by atoms with E-state index in [9.17, 15) is 4.79 Å². The van der Waals surface area contributed by atoms with E-state index in [1.54, 1.807) is 6.07 Å². The molecule has 3 rings (SSSR count). The molecule has 0 aliphatic carbocycles. The molecule has 2 aromatic carbocycles. The Morgan fingerprint density at radius 2 is 1.49 bits per heavy atom. The summed E-state index contributed by atoms with van der Waals surface area (Å²) in [7, 11) is -2.54. The van der Waals surface area contributed by atoms with Crippen LogP contribution in [0.4, 0.5) is 4.79 Å². The summed E-state index contributed by atoms with van der Waals surface area (Å²) in [4.78, 5) is 11.6. The summed E-state index contributed by atoms with van der Waals surface area (Å²) in [6.45, 7) is 22.0. The van der Waals surface area contributed by atoms with Crippen molar-refractivity contribution < 1.29 is 18.8 Å². The van der Waals surface area contributed by atoms with Gasteiger partial charge in [0.05, 0.1) is 11.2 Å². The summed E-state index contributed by atoms with van der Waals surface area (Å²) >= 11 is 0. The molecule has 0 unspecified atom stereocenters. The predicted molar refractivity (Wildman–Crippen MR) is 148 cm³/mol. The Balaban J connectivity index is 2.30. The zero-order valence-electron chi connectivity index (χ0n) is 22.9. The zero-order chi connectivity index (χ0) is 26.3. The van der Waals surface area contributed by atoms with Crippen molar-refractivity contribution in [2.45, 2.75) is 97.1 Å². The van der Waals surface area contributed by atoms with Crippen molar-refractivity contribution in [1.82, 2.24) is 0 Å². The first kappa shape index (κ1) is 27.3. The maximum Gasteiger partial charge on any atom is 0.495 e. The molecule has 35 heavy (non-hydrogen) atoms. The Bertz CT molecular complexity index is 1140. The van der Waals surface area contributed by atoms with Gasteiger partial charge in [0.25, 0.3) is 0 Å². The van der Waals surface area contributed by atoms with Crippen LogP contribution in [0.3, 0.4) is 0 Å². The van der Waals surface area contributed by atoms with Crippen LogP contribution in [0.1, 0.15) is 74.8 Å². The van der Waals surface area contributed by atoms with Crippen molar-refractivity contribution in [3.8, 4) is 17.2 Å². The van der Waals surface area contributed by atoms with E-state index in [-0.39, 0.29) is 0 Å². The van der Waals surface area contributed by atoms with Crippen LogP contribution in [-0.4, -0.2) is 32.5 Å². The highest BCUT2D eigenvalue weighted by Crippen LogP contribution is 2.41. The minimum atomic E-state index is -1.96. The number of rotatable bonds is 5. The Morgan fingerprint density at radius 3 is 1.97 bits per heavy atom. The van der Waals surface area contributed by atoms with Gasteiger partial charge in [0.15, 0.2) is 0 Å². The van der Waals surface area contributed by atoms with Gasteiger partial charge in [-0.05, 0) is 61.9 Å². The SMILES string of the molecule is CC(C)[Si](C#Cc1cccc2c(OC(N)=O)ccc(B3OC(C)(C)C(C)(C)O3)c12)(C(C)C)C(C)C. The zero-order valence-corrected chi connectivity index (χ0v) is 23.9. The summed E-state index contributed by atoms with van der Waals surface area (Å²) < 4.78 is 18.2. The van der Waals surface area contributed by atoms with E-state index in [2.05, 4.69) is 53.0 Å². The topological polar surface area (TPSA) is 70.8 Å². The summed E-state index contributed by atoms with van der Waals surface area (Å²) in [5, 5.41) is 1.63. The van der Waals surface area contributed by atoms with Crippen LogP contribution < -0.4 is 15.9 Å². The number of amides is 1. The molecule has 1 aliphatic rings. The third-order valence-corrected chi connectivity index (χ3v) is 14.3. The molecule has 5 nitrogen and oxygen atoms in total. The molecular weight excluding hydrogens is 453 g/mol. The van der Waals surface area contributed by atoms with E-state index < -0.39 is 32.5 Å². The van der Waals surface area contributed by atoms with Crippen molar-refractivity contribution in [2.75, 3.05) is 0 Å².